The van der Waals surface area contributed by atoms with Crippen molar-refractivity contribution in [1.82, 2.24) is 10.2 Å². The molecular formula is C10H22F2N2. The van der Waals surface area contributed by atoms with Gasteiger partial charge in [-0.1, -0.05) is 0 Å². The van der Waals surface area contributed by atoms with Gasteiger partial charge in [-0.25, -0.2) is 8.78 Å². The van der Waals surface area contributed by atoms with E-state index in [0.717, 1.165) is 13.0 Å². The minimum atomic E-state index is -2.23. The first-order chi connectivity index (χ1) is 6.31. The third-order valence-corrected chi connectivity index (χ3v) is 1.82. The number of halogens is 2. The number of nitrogens with zero attached hydrogens (tertiary/aromatic N) is 1. The topological polar surface area (TPSA) is 15.3 Å². The molecule has 0 saturated heterocycles. The van der Waals surface area contributed by atoms with E-state index >= 15 is 0 Å². The van der Waals surface area contributed by atoms with E-state index in [1.54, 1.807) is 11.9 Å². The van der Waals surface area contributed by atoms with Crippen LogP contribution in [0.1, 0.15) is 27.2 Å². The van der Waals surface area contributed by atoms with Gasteiger partial charge in [0.2, 0.25) is 0 Å². The zero-order valence-electron chi connectivity index (χ0n) is 9.61. The quantitative estimate of drug-likeness (QED) is 0.671. The van der Waals surface area contributed by atoms with Crippen LogP contribution in [-0.4, -0.2) is 43.5 Å². The maximum Gasteiger partial charge on any atom is 0.251 e. The maximum absolute atomic E-state index is 11.9. The van der Waals surface area contributed by atoms with Gasteiger partial charge < -0.3 is 10.2 Å². The summed E-state index contributed by atoms with van der Waals surface area (Å²) in [4.78, 5) is 1.66. The minimum absolute atomic E-state index is 0.112. The van der Waals surface area contributed by atoms with E-state index in [4.69, 9.17) is 0 Å². The fraction of sp³-hybridized carbons (Fsp3) is 1.00. The average molecular weight is 208 g/mol. The summed E-state index contributed by atoms with van der Waals surface area (Å²) < 4.78 is 23.9. The zero-order chi connectivity index (χ0) is 11.2. The molecule has 0 amide bonds. The molecule has 0 heterocycles. The van der Waals surface area contributed by atoms with Crippen LogP contribution in [0.3, 0.4) is 0 Å². The summed E-state index contributed by atoms with van der Waals surface area (Å²) in [6.45, 7) is 7.74. The van der Waals surface area contributed by atoms with Gasteiger partial charge in [0.15, 0.2) is 0 Å². The zero-order valence-corrected chi connectivity index (χ0v) is 9.61. The molecule has 0 unspecified atom stereocenters. The Balaban J connectivity index is 3.36. The van der Waals surface area contributed by atoms with Crippen LogP contribution in [0.15, 0.2) is 0 Å². The molecule has 4 heteroatoms. The second-order valence-corrected chi connectivity index (χ2v) is 4.68. The Kier molecular flexibility index (Phi) is 6.20. The van der Waals surface area contributed by atoms with Gasteiger partial charge in [-0.2, -0.15) is 0 Å². The van der Waals surface area contributed by atoms with Crippen molar-refractivity contribution in [3.63, 3.8) is 0 Å². The minimum Gasteiger partial charge on any atom is -0.312 e. The predicted molar refractivity (Wildman–Crippen MR) is 55.9 cm³/mol. The Morgan fingerprint density at radius 1 is 1.29 bits per heavy atom. The molecule has 0 atom stereocenters. The lowest BCUT2D eigenvalue weighted by Crippen LogP contribution is -2.37. The number of rotatable bonds is 6. The molecule has 0 radical (unpaired) electrons. The third-order valence-electron chi connectivity index (χ3n) is 1.82. The Labute approximate surface area is 85.7 Å². The maximum atomic E-state index is 11.9. The fourth-order valence-electron chi connectivity index (χ4n) is 1.14. The van der Waals surface area contributed by atoms with Crippen molar-refractivity contribution in [2.45, 2.75) is 39.2 Å². The van der Waals surface area contributed by atoms with E-state index in [1.807, 2.05) is 0 Å². The van der Waals surface area contributed by atoms with Crippen molar-refractivity contribution < 1.29 is 8.78 Å². The van der Waals surface area contributed by atoms with E-state index < -0.39 is 6.43 Å². The predicted octanol–water partition coefficient (Wildman–Crippen LogP) is 1.96. The van der Waals surface area contributed by atoms with Gasteiger partial charge >= 0.3 is 0 Å². The lowest BCUT2D eigenvalue weighted by molar-refractivity contribution is 0.0996. The number of alkyl halides is 2. The fourth-order valence-corrected chi connectivity index (χ4v) is 1.14. The summed E-state index contributed by atoms with van der Waals surface area (Å²) in [6, 6.07) is 0. The second kappa shape index (κ2) is 6.30. The van der Waals surface area contributed by atoms with Gasteiger partial charge in [0.25, 0.3) is 6.43 Å². The molecule has 0 fully saturated rings. The van der Waals surface area contributed by atoms with Crippen molar-refractivity contribution in [2.75, 3.05) is 26.7 Å². The molecule has 86 valence electrons. The number of hydrogen-bond donors (Lipinski definition) is 1. The van der Waals surface area contributed by atoms with Gasteiger partial charge in [0.05, 0.1) is 6.54 Å². The van der Waals surface area contributed by atoms with Gasteiger partial charge in [-0.05, 0) is 47.3 Å². The van der Waals surface area contributed by atoms with Crippen molar-refractivity contribution in [3.8, 4) is 0 Å². The van der Waals surface area contributed by atoms with Crippen molar-refractivity contribution in [2.24, 2.45) is 0 Å². The Bertz CT molecular complexity index is 144. The highest BCUT2D eigenvalue weighted by molar-refractivity contribution is 4.70. The highest BCUT2D eigenvalue weighted by Crippen LogP contribution is 1.99. The van der Waals surface area contributed by atoms with E-state index in [1.165, 1.54) is 0 Å². The van der Waals surface area contributed by atoms with Gasteiger partial charge in [-0.15, -0.1) is 0 Å². The smallest absolute Gasteiger partial charge is 0.251 e. The van der Waals surface area contributed by atoms with Crippen LogP contribution in [0.5, 0.6) is 0 Å². The van der Waals surface area contributed by atoms with Crippen LogP contribution in [0.4, 0.5) is 8.78 Å². The standard InChI is InChI=1S/C10H22F2N2/c1-10(2,3)13-6-5-7-14(4)8-9(11)12/h9,13H,5-8H2,1-4H3. The summed E-state index contributed by atoms with van der Waals surface area (Å²) in [5.41, 5.74) is 0.112. The summed E-state index contributed by atoms with van der Waals surface area (Å²) in [7, 11) is 1.73. The van der Waals surface area contributed by atoms with E-state index in [-0.39, 0.29) is 12.1 Å². The largest absolute Gasteiger partial charge is 0.312 e. The molecular weight excluding hydrogens is 186 g/mol. The normalized spacial score (nSPS) is 12.9. The van der Waals surface area contributed by atoms with Crippen LogP contribution < -0.4 is 5.32 Å². The molecule has 0 aromatic rings. The first-order valence-electron chi connectivity index (χ1n) is 5.03. The lowest BCUT2D eigenvalue weighted by Gasteiger charge is -2.22. The molecule has 0 aromatic heterocycles. The highest BCUT2D eigenvalue weighted by Gasteiger charge is 2.09. The first-order valence-corrected chi connectivity index (χ1v) is 5.03. The molecule has 0 aromatic carbocycles. The molecule has 0 spiro atoms. The molecule has 0 aliphatic rings. The molecule has 2 nitrogen and oxygen atoms in total. The summed E-state index contributed by atoms with van der Waals surface area (Å²) in [5, 5.41) is 3.32. The highest BCUT2D eigenvalue weighted by atomic mass is 19.3. The molecule has 14 heavy (non-hydrogen) atoms. The van der Waals surface area contributed by atoms with Crippen LogP contribution in [-0.2, 0) is 0 Å². The van der Waals surface area contributed by atoms with Crippen molar-refractivity contribution >= 4 is 0 Å². The molecule has 0 saturated carbocycles. The molecule has 0 aliphatic heterocycles. The van der Waals surface area contributed by atoms with Gasteiger partial charge in [0.1, 0.15) is 0 Å². The average Bonchev–Trinajstić information content (AvgIpc) is 1.95. The van der Waals surface area contributed by atoms with Gasteiger partial charge in [0, 0.05) is 5.54 Å². The molecule has 0 aliphatic carbocycles. The molecule has 0 rings (SSSR count). The third kappa shape index (κ3) is 9.86. The van der Waals surface area contributed by atoms with E-state index in [0.29, 0.717) is 6.54 Å². The Morgan fingerprint density at radius 2 is 1.86 bits per heavy atom. The van der Waals surface area contributed by atoms with Crippen molar-refractivity contribution in [3.05, 3.63) is 0 Å². The number of hydrogen-bond acceptors (Lipinski definition) is 2. The van der Waals surface area contributed by atoms with Crippen LogP contribution >= 0.6 is 0 Å². The van der Waals surface area contributed by atoms with Gasteiger partial charge in [-0.3, -0.25) is 0 Å². The first kappa shape index (κ1) is 13.8. The van der Waals surface area contributed by atoms with E-state index in [2.05, 4.69) is 26.1 Å². The second-order valence-electron chi connectivity index (χ2n) is 4.68. The number of nitrogens with one attached hydrogen (secondary N) is 1. The van der Waals surface area contributed by atoms with Crippen LogP contribution in [0.2, 0.25) is 0 Å². The summed E-state index contributed by atoms with van der Waals surface area (Å²) in [6.07, 6.45) is -1.32. The van der Waals surface area contributed by atoms with Crippen LogP contribution in [0.25, 0.3) is 0 Å². The van der Waals surface area contributed by atoms with Crippen LogP contribution in [0, 0.1) is 0 Å². The SMILES string of the molecule is CN(CCCNC(C)(C)C)CC(F)F. The molecule has 0 bridgehead atoms. The summed E-state index contributed by atoms with van der Waals surface area (Å²) in [5.74, 6) is 0. The Morgan fingerprint density at radius 3 is 2.29 bits per heavy atom. The Hall–Kier alpha value is -0.220. The summed E-state index contributed by atoms with van der Waals surface area (Å²) >= 11 is 0. The monoisotopic (exact) mass is 208 g/mol. The van der Waals surface area contributed by atoms with E-state index in [9.17, 15) is 8.78 Å². The molecule has 1 N–H and O–H groups in total. The lowest BCUT2D eigenvalue weighted by atomic mass is 10.1. The van der Waals surface area contributed by atoms with Crippen molar-refractivity contribution in [1.29, 1.82) is 0 Å².